The summed E-state index contributed by atoms with van der Waals surface area (Å²) in [7, 11) is 1.44. The van der Waals surface area contributed by atoms with E-state index in [0.717, 1.165) is 31.0 Å². The Morgan fingerprint density at radius 2 is 2.56 bits per heavy atom. The smallest absolute Gasteiger partial charge is 0.310 e. The van der Waals surface area contributed by atoms with Crippen LogP contribution >= 0.6 is 0 Å². The second-order valence-corrected chi connectivity index (χ2v) is 4.18. The molecule has 1 aromatic heterocycles. The van der Waals surface area contributed by atoms with Gasteiger partial charge in [-0.25, -0.2) is 0 Å². The van der Waals surface area contributed by atoms with E-state index in [2.05, 4.69) is 10.1 Å². The summed E-state index contributed by atoms with van der Waals surface area (Å²) in [6.45, 7) is 4.26. The molecule has 2 heterocycles. The number of aromatic nitrogens is 1. The van der Waals surface area contributed by atoms with Crippen LogP contribution in [-0.4, -0.2) is 36.2 Å². The van der Waals surface area contributed by atoms with Gasteiger partial charge in [-0.1, -0.05) is 5.16 Å². The molecule has 1 saturated heterocycles. The Kier molecular flexibility index (Phi) is 3.24. The topological polar surface area (TPSA) is 55.6 Å². The van der Waals surface area contributed by atoms with Gasteiger partial charge in [-0.2, -0.15) is 0 Å². The van der Waals surface area contributed by atoms with Crippen LogP contribution in [0, 0.1) is 12.8 Å². The zero-order valence-electron chi connectivity index (χ0n) is 9.60. The Hall–Kier alpha value is -1.36. The number of rotatable bonds is 3. The SMILES string of the molecule is COC(=O)C1CCN(Cc2cc(C)no2)C1. The fourth-order valence-electron chi connectivity index (χ4n) is 2.05. The van der Waals surface area contributed by atoms with Crippen LogP contribution in [0.15, 0.2) is 10.6 Å². The van der Waals surface area contributed by atoms with E-state index >= 15 is 0 Å². The molecule has 0 radical (unpaired) electrons. The van der Waals surface area contributed by atoms with Crippen molar-refractivity contribution in [1.82, 2.24) is 10.1 Å². The Morgan fingerprint density at radius 3 is 3.19 bits per heavy atom. The molecule has 1 unspecified atom stereocenters. The maximum Gasteiger partial charge on any atom is 0.310 e. The van der Waals surface area contributed by atoms with Gasteiger partial charge in [0.1, 0.15) is 0 Å². The molecular formula is C11H16N2O3. The molecule has 5 heteroatoms. The fraction of sp³-hybridized carbons (Fsp3) is 0.636. The molecule has 0 aliphatic carbocycles. The fourth-order valence-corrected chi connectivity index (χ4v) is 2.05. The predicted molar refractivity (Wildman–Crippen MR) is 56.6 cm³/mol. The molecule has 1 aliphatic heterocycles. The van der Waals surface area contributed by atoms with Gasteiger partial charge in [0, 0.05) is 12.6 Å². The van der Waals surface area contributed by atoms with Gasteiger partial charge in [0.15, 0.2) is 5.76 Å². The Morgan fingerprint density at radius 1 is 1.75 bits per heavy atom. The summed E-state index contributed by atoms with van der Waals surface area (Å²) in [5, 5.41) is 3.84. The Balaban J connectivity index is 1.87. The van der Waals surface area contributed by atoms with E-state index in [1.807, 2.05) is 13.0 Å². The molecule has 0 saturated carbocycles. The quantitative estimate of drug-likeness (QED) is 0.716. The molecule has 1 atom stereocenters. The largest absolute Gasteiger partial charge is 0.469 e. The van der Waals surface area contributed by atoms with Crippen LogP contribution in [0.4, 0.5) is 0 Å². The predicted octanol–water partition coefficient (Wildman–Crippen LogP) is 0.978. The maximum absolute atomic E-state index is 11.3. The van der Waals surface area contributed by atoms with Crippen LogP contribution in [0.25, 0.3) is 0 Å². The average Bonchev–Trinajstić information content (AvgIpc) is 2.87. The number of likely N-dealkylation sites (tertiary alicyclic amines) is 1. The third kappa shape index (κ3) is 2.41. The number of aryl methyl sites for hydroxylation is 1. The van der Waals surface area contributed by atoms with Crippen molar-refractivity contribution in [2.45, 2.75) is 19.9 Å². The molecular weight excluding hydrogens is 208 g/mol. The lowest BCUT2D eigenvalue weighted by Gasteiger charge is -2.12. The van der Waals surface area contributed by atoms with E-state index in [0.29, 0.717) is 6.54 Å². The highest BCUT2D eigenvalue weighted by molar-refractivity contribution is 5.72. The number of nitrogens with zero attached hydrogens (tertiary/aromatic N) is 2. The van der Waals surface area contributed by atoms with Gasteiger partial charge in [-0.15, -0.1) is 0 Å². The lowest BCUT2D eigenvalue weighted by molar-refractivity contribution is -0.144. The molecule has 0 spiro atoms. The first kappa shape index (κ1) is 11.1. The second-order valence-electron chi connectivity index (χ2n) is 4.18. The van der Waals surface area contributed by atoms with Crippen LogP contribution in [-0.2, 0) is 16.1 Å². The highest BCUT2D eigenvalue weighted by Gasteiger charge is 2.29. The monoisotopic (exact) mass is 224 g/mol. The Labute approximate surface area is 94.3 Å². The van der Waals surface area contributed by atoms with Gasteiger partial charge in [0.05, 0.1) is 25.3 Å². The van der Waals surface area contributed by atoms with Crippen LogP contribution in [0.5, 0.6) is 0 Å². The number of hydrogen-bond acceptors (Lipinski definition) is 5. The van der Waals surface area contributed by atoms with E-state index in [1.54, 1.807) is 0 Å². The van der Waals surface area contributed by atoms with Crippen molar-refractivity contribution < 1.29 is 14.1 Å². The summed E-state index contributed by atoms with van der Waals surface area (Å²) in [5.74, 6) is 0.744. The van der Waals surface area contributed by atoms with Crippen LogP contribution < -0.4 is 0 Å². The minimum atomic E-state index is -0.115. The van der Waals surface area contributed by atoms with Gasteiger partial charge in [0.2, 0.25) is 0 Å². The highest BCUT2D eigenvalue weighted by atomic mass is 16.5. The zero-order chi connectivity index (χ0) is 11.5. The number of ether oxygens (including phenoxy) is 1. The third-order valence-corrected chi connectivity index (χ3v) is 2.86. The zero-order valence-corrected chi connectivity index (χ0v) is 9.60. The molecule has 1 aromatic rings. The van der Waals surface area contributed by atoms with Gasteiger partial charge in [-0.05, 0) is 19.9 Å². The van der Waals surface area contributed by atoms with Crippen LogP contribution in [0.3, 0.4) is 0 Å². The van der Waals surface area contributed by atoms with Crippen molar-refractivity contribution in [1.29, 1.82) is 0 Å². The van der Waals surface area contributed by atoms with Crippen molar-refractivity contribution in [3.8, 4) is 0 Å². The van der Waals surface area contributed by atoms with E-state index in [-0.39, 0.29) is 11.9 Å². The van der Waals surface area contributed by atoms with E-state index in [9.17, 15) is 4.79 Å². The molecule has 2 rings (SSSR count). The van der Waals surface area contributed by atoms with Gasteiger partial charge in [0.25, 0.3) is 0 Å². The number of hydrogen-bond donors (Lipinski definition) is 0. The van der Waals surface area contributed by atoms with E-state index in [4.69, 9.17) is 9.26 Å². The molecule has 0 bridgehead atoms. The summed E-state index contributed by atoms with van der Waals surface area (Å²) < 4.78 is 9.88. The van der Waals surface area contributed by atoms with Crippen LogP contribution in [0.2, 0.25) is 0 Å². The van der Waals surface area contributed by atoms with E-state index in [1.165, 1.54) is 7.11 Å². The van der Waals surface area contributed by atoms with Crippen LogP contribution in [0.1, 0.15) is 17.9 Å². The molecule has 1 aliphatic rings. The summed E-state index contributed by atoms with van der Waals surface area (Å²) in [4.78, 5) is 13.5. The first-order valence-electron chi connectivity index (χ1n) is 5.41. The van der Waals surface area contributed by atoms with Gasteiger partial charge >= 0.3 is 5.97 Å². The highest BCUT2D eigenvalue weighted by Crippen LogP contribution is 2.19. The molecule has 1 fully saturated rings. The third-order valence-electron chi connectivity index (χ3n) is 2.86. The average molecular weight is 224 g/mol. The Bertz CT molecular complexity index is 375. The lowest BCUT2D eigenvalue weighted by Crippen LogP contribution is -2.23. The van der Waals surface area contributed by atoms with Gasteiger partial charge in [-0.3, -0.25) is 9.69 Å². The number of methoxy groups -OCH3 is 1. The summed E-state index contributed by atoms with van der Waals surface area (Å²) in [5.41, 5.74) is 0.888. The molecule has 5 nitrogen and oxygen atoms in total. The number of carbonyl (C=O) groups excluding carboxylic acids is 1. The standard InChI is InChI=1S/C11H16N2O3/c1-8-5-10(16-12-8)7-13-4-3-9(6-13)11(14)15-2/h5,9H,3-4,6-7H2,1-2H3. The van der Waals surface area contributed by atoms with Crippen molar-refractivity contribution in [2.75, 3.05) is 20.2 Å². The van der Waals surface area contributed by atoms with Crippen molar-refractivity contribution >= 4 is 5.97 Å². The minimum Gasteiger partial charge on any atom is -0.469 e. The molecule has 0 N–H and O–H groups in total. The maximum atomic E-state index is 11.3. The van der Waals surface area contributed by atoms with Crippen molar-refractivity contribution in [3.63, 3.8) is 0 Å². The van der Waals surface area contributed by atoms with Crippen molar-refractivity contribution in [2.24, 2.45) is 5.92 Å². The number of carbonyl (C=O) groups is 1. The number of esters is 1. The normalized spacial score (nSPS) is 21.2. The lowest BCUT2D eigenvalue weighted by atomic mass is 10.1. The summed E-state index contributed by atoms with van der Waals surface area (Å²) in [6.07, 6.45) is 0.861. The van der Waals surface area contributed by atoms with E-state index < -0.39 is 0 Å². The second kappa shape index (κ2) is 4.65. The molecule has 16 heavy (non-hydrogen) atoms. The first-order valence-corrected chi connectivity index (χ1v) is 5.41. The molecule has 0 amide bonds. The summed E-state index contributed by atoms with van der Waals surface area (Å²) >= 11 is 0. The van der Waals surface area contributed by atoms with Gasteiger partial charge < -0.3 is 9.26 Å². The molecule has 0 aromatic carbocycles. The minimum absolute atomic E-state index is 0.00835. The van der Waals surface area contributed by atoms with Crippen molar-refractivity contribution in [3.05, 3.63) is 17.5 Å². The summed E-state index contributed by atoms with van der Waals surface area (Å²) in [6, 6.07) is 1.92. The molecule has 88 valence electrons. The first-order chi connectivity index (χ1) is 7.69.